The highest BCUT2D eigenvalue weighted by atomic mass is 32.1. The van der Waals surface area contributed by atoms with Crippen LogP contribution in [0.3, 0.4) is 0 Å². The monoisotopic (exact) mass is 448 g/mol. The number of hydrogen-bond acceptors (Lipinski definition) is 7. The Hall–Kier alpha value is -4.09. The minimum absolute atomic E-state index is 0.0567. The van der Waals surface area contributed by atoms with Gasteiger partial charge in [-0.3, -0.25) is 4.79 Å². The van der Waals surface area contributed by atoms with Gasteiger partial charge in [0.1, 0.15) is 22.2 Å². The predicted octanol–water partition coefficient (Wildman–Crippen LogP) is 4.85. The van der Waals surface area contributed by atoms with Gasteiger partial charge >= 0.3 is 5.97 Å². The second-order valence-corrected chi connectivity index (χ2v) is 7.37. The highest BCUT2D eigenvalue weighted by molar-refractivity contribution is 7.15. The zero-order valence-corrected chi connectivity index (χ0v) is 18.2. The first-order valence-corrected chi connectivity index (χ1v) is 10.5. The van der Waals surface area contributed by atoms with Gasteiger partial charge in [-0.1, -0.05) is 36.4 Å². The summed E-state index contributed by atoms with van der Waals surface area (Å²) in [7, 11) is 1.40. The van der Waals surface area contributed by atoms with E-state index in [-0.39, 0.29) is 34.2 Å². The fourth-order valence-electron chi connectivity index (χ4n) is 2.96. The summed E-state index contributed by atoms with van der Waals surface area (Å²) in [5, 5.41) is 23.9. The van der Waals surface area contributed by atoms with E-state index in [1.54, 1.807) is 18.4 Å². The Morgan fingerprint density at radius 1 is 1.22 bits per heavy atom. The average Bonchev–Trinajstić information content (AvgIpc) is 3.22. The SMILES string of the molecule is CCOC(=O)c1c(-c2ccccc2)csc1NC(=O)/C(C#N)=C/c1ccc(O)c(OC)c1. The first kappa shape index (κ1) is 22.6. The van der Waals surface area contributed by atoms with E-state index >= 15 is 0 Å². The molecule has 0 atom stereocenters. The first-order chi connectivity index (χ1) is 15.5. The summed E-state index contributed by atoms with van der Waals surface area (Å²) in [6, 6.07) is 15.6. The van der Waals surface area contributed by atoms with Crippen LogP contribution < -0.4 is 10.1 Å². The number of carbonyl (C=O) groups is 2. The number of nitriles is 1. The molecule has 2 N–H and O–H groups in total. The molecule has 0 aliphatic heterocycles. The Morgan fingerprint density at radius 3 is 2.62 bits per heavy atom. The van der Waals surface area contributed by atoms with Gasteiger partial charge in [-0.05, 0) is 36.3 Å². The summed E-state index contributed by atoms with van der Waals surface area (Å²) in [5.74, 6) is -1.08. The maximum atomic E-state index is 12.8. The fourth-order valence-corrected chi connectivity index (χ4v) is 3.91. The standard InChI is InChI=1S/C24H20N2O5S/c1-3-31-24(29)21-18(16-7-5-4-6-8-16)14-32-23(21)26-22(28)17(13-25)11-15-9-10-19(27)20(12-15)30-2/h4-12,14,27H,3H2,1-2H3,(H,26,28)/b17-11+. The maximum absolute atomic E-state index is 12.8. The van der Waals surface area contributed by atoms with Crippen LogP contribution in [0.1, 0.15) is 22.8 Å². The molecule has 32 heavy (non-hydrogen) atoms. The Labute approximate surface area is 189 Å². The molecule has 8 heteroatoms. The summed E-state index contributed by atoms with van der Waals surface area (Å²) in [5.41, 5.74) is 1.99. The summed E-state index contributed by atoms with van der Waals surface area (Å²) < 4.78 is 10.2. The van der Waals surface area contributed by atoms with Crippen LogP contribution >= 0.6 is 11.3 Å². The second kappa shape index (κ2) is 10.3. The molecule has 0 saturated heterocycles. The lowest BCUT2D eigenvalue weighted by Crippen LogP contribution is -2.16. The lowest BCUT2D eigenvalue weighted by atomic mass is 10.0. The van der Waals surface area contributed by atoms with Crippen molar-refractivity contribution in [2.45, 2.75) is 6.92 Å². The molecule has 0 spiro atoms. The number of benzene rings is 2. The smallest absolute Gasteiger partial charge is 0.341 e. The number of thiophene rings is 1. The van der Waals surface area contributed by atoms with Gasteiger partial charge in [0.2, 0.25) is 0 Å². The van der Waals surface area contributed by atoms with Gasteiger partial charge in [0.25, 0.3) is 5.91 Å². The Bertz CT molecular complexity index is 1210. The number of nitrogens with zero attached hydrogens (tertiary/aromatic N) is 1. The van der Waals surface area contributed by atoms with Crippen molar-refractivity contribution in [2.24, 2.45) is 0 Å². The summed E-state index contributed by atoms with van der Waals surface area (Å²) >= 11 is 1.17. The third-order valence-corrected chi connectivity index (χ3v) is 5.36. The number of carbonyl (C=O) groups excluding carboxylic acids is 2. The van der Waals surface area contributed by atoms with Crippen molar-refractivity contribution < 1.29 is 24.2 Å². The van der Waals surface area contributed by atoms with Crippen molar-refractivity contribution in [2.75, 3.05) is 19.0 Å². The number of methoxy groups -OCH3 is 1. The van der Waals surface area contributed by atoms with E-state index in [1.807, 2.05) is 36.4 Å². The number of anilines is 1. The number of esters is 1. The van der Waals surface area contributed by atoms with Gasteiger partial charge in [-0.15, -0.1) is 11.3 Å². The highest BCUT2D eigenvalue weighted by Gasteiger charge is 2.23. The Balaban J connectivity index is 1.95. The third-order valence-electron chi connectivity index (χ3n) is 4.46. The number of hydrogen-bond donors (Lipinski definition) is 2. The van der Waals surface area contributed by atoms with Gasteiger partial charge < -0.3 is 19.9 Å². The second-order valence-electron chi connectivity index (χ2n) is 6.50. The van der Waals surface area contributed by atoms with E-state index in [1.165, 1.54) is 36.7 Å². The molecule has 1 amide bonds. The molecule has 0 radical (unpaired) electrons. The van der Waals surface area contributed by atoms with E-state index in [0.29, 0.717) is 11.1 Å². The van der Waals surface area contributed by atoms with E-state index < -0.39 is 11.9 Å². The molecule has 0 fully saturated rings. The zero-order chi connectivity index (χ0) is 23.1. The van der Waals surface area contributed by atoms with Gasteiger partial charge in [0.15, 0.2) is 11.5 Å². The van der Waals surface area contributed by atoms with Crippen LogP contribution in [-0.2, 0) is 9.53 Å². The van der Waals surface area contributed by atoms with Crippen LogP contribution in [0, 0.1) is 11.3 Å². The number of aromatic hydroxyl groups is 1. The molecule has 3 rings (SSSR count). The predicted molar refractivity (Wildman–Crippen MR) is 123 cm³/mol. The van der Waals surface area contributed by atoms with Crippen LogP contribution in [0.25, 0.3) is 17.2 Å². The zero-order valence-electron chi connectivity index (χ0n) is 17.4. The Morgan fingerprint density at radius 2 is 1.97 bits per heavy atom. The van der Waals surface area contributed by atoms with Gasteiger partial charge in [0.05, 0.1) is 13.7 Å². The molecular weight excluding hydrogens is 428 g/mol. The number of amides is 1. The maximum Gasteiger partial charge on any atom is 0.341 e. The van der Waals surface area contributed by atoms with Crippen molar-refractivity contribution in [3.8, 4) is 28.7 Å². The molecule has 0 bridgehead atoms. The lowest BCUT2D eigenvalue weighted by molar-refractivity contribution is -0.112. The van der Waals surface area contributed by atoms with E-state index in [2.05, 4.69) is 5.32 Å². The number of phenols is 1. The van der Waals surface area contributed by atoms with E-state index in [0.717, 1.165) is 5.56 Å². The molecule has 7 nitrogen and oxygen atoms in total. The van der Waals surface area contributed by atoms with Crippen molar-refractivity contribution in [3.63, 3.8) is 0 Å². The minimum Gasteiger partial charge on any atom is -0.504 e. The van der Waals surface area contributed by atoms with Crippen molar-refractivity contribution >= 4 is 34.3 Å². The number of phenolic OH excluding ortho intramolecular Hbond substituents is 1. The molecule has 0 unspecified atom stereocenters. The van der Waals surface area contributed by atoms with Gasteiger partial charge in [-0.2, -0.15) is 5.26 Å². The van der Waals surface area contributed by atoms with Crippen molar-refractivity contribution in [1.29, 1.82) is 5.26 Å². The number of ether oxygens (including phenoxy) is 2. The molecule has 0 aliphatic rings. The third kappa shape index (κ3) is 4.96. The van der Waals surface area contributed by atoms with Gasteiger partial charge in [-0.25, -0.2) is 4.79 Å². The van der Waals surface area contributed by atoms with Crippen LogP contribution in [0.5, 0.6) is 11.5 Å². The highest BCUT2D eigenvalue weighted by Crippen LogP contribution is 2.36. The first-order valence-electron chi connectivity index (χ1n) is 9.62. The number of rotatable bonds is 7. The minimum atomic E-state index is -0.674. The molecule has 1 heterocycles. The van der Waals surface area contributed by atoms with Crippen LogP contribution in [0.4, 0.5) is 5.00 Å². The summed E-state index contributed by atoms with van der Waals surface area (Å²) in [6.07, 6.45) is 1.37. The van der Waals surface area contributed by atoms with Crippen LogP contribution in [-0.4, -0.2) is 30.7 Å². The molecule has 162 valence electrons. The van der Waals surface area contributed by atoms with Crippen molar-refractivity contribution in [3.05, 3.63) is 70.6 Å². The molecule has 0 aliphatic carbocycles. The Kier molecular flexibility index (Phi) is 7.26. The largest absolute Gasteiger partial charge is 0.504 e. The van der Waals surface area contributed by atoms with Gasteiger partial charge in [0, 0.05) is 10.9 Å². The quantitative estimate of drug-likeness (QED) is 0.304. The fraction of sp³-hybridized carbons (Fsp3) is 0.125. The average molecular weight is 449 g/mol. The lowest BCUT2D eigenvalue weighted by Gasteiger charge is -2.09. The molecule has 0 saturated carbocycles. The van der Waals surface area contributed by atoms with E-state index in [9.17, 15) is 20.0 Å². The van der Waals surface area contributed by atoms with E-state index in [4.69, 9.17) is 9.47 Å². The summed E-state index contributed by atoms with van der Waals surface area (Å²) in [6.45, 7) is 1.88. The molecule has 2 aromatic carbocycles. The number of nitrogens with one attached hydrogen (secondary N) is 1. The molecule has 3 aromatic rings. The topological polar surface area (TPSA) is 109 Å². The summed E-state index contributed by atoms with van der Waals surface area (Å²) in [4.78, 5) is 25.5. The van der Waals surface area contributed by atoms with Crippen LogP contribution in [0.2, 0.25) is 0 Å². The molecule has 1 aromatic heterocycles. The van der Waals surface area contributed by atoms with Crippen LogP contribution in [0.15, 0.2) is 59.5 Å². The molecular formula is C24H20N2O5S. The normalized spacial score (nSPS) is 10.8. The van der Waals surface area contributed by atoms with Crippen molar-refractivity contribution in [1.82, 2.24) is 0 Å².